The number of hydrogen-bond acceptors (Lipinski definition) is 2. The second-order valence-electron chi connectivity index (χ2n) is 7.83. The molecule has 1 aromatic carbocycles. The van der Waals surface area contributed by atoms with Gasteiger partial charge in [-0.3, -0.25) is 0 Å². The summed E-state index contributed by atoms with van der Waals surface area (Å²) < 4.78 is 46.7. The molecule has 6 heteroatoms. The van der Waals surface area contributed by atoms with E-state index in [1.807, 2.05) is 19.9 Å². The minimum absolute atomic E-state index is 0.123. The Balaban J connectivity index is 1.97. The topological polar surface area (TPSA) is 37.9 Å². The number of hydrogen-bond donors (Lipinski definition) is 1. The molecule has 2 heterocycles. The minimum atomic E-state index is -4.49. The second kappa shape index (κ2) is 7.86. The fourth-order valence-corrected chi connectivity index (χ4v) is 3.56. The van der Waals surface area contributed by atoms with Crippen LogP contribution in [0.25, 0.3) is 22.2 Å². The van der Waals surface area contributed by atoms with E-state index in [0.717, 1.165) is 17.5 Å². The Kier molecular flexibility index (Phi) is 5.68. The lowest BCUT2D eigenvalue weighted by atomic mass is 9.99. The first-order valence-electron chi connectivity index (χ1n) is 9.44. The van der Waals surface area contributed by atoms with Gasteiger partial charge >= 0.3 is 6.18 Å². The normalized spacial score (nSPS) is 13.3. The molecule has 0 aliphatic carbocycles. The largest absolute Gasteiger partial charge is 0.493 e. The van der Waals surface area contributed by atoms with Crippen molar-refractivity contribution >= 4 is 11.0 Å². The van der Waals surface area contributed by atoms with Crippen LogP contribution in [-0.4, -0.2) is 16.6 Å². The highest BCUT2D eigenvalue weighted by Crippen LogP contribution is 2.40. The van der Waals surface area contributed by atoms with Gasteiger partial charge in [0.25, 0.3) is 0 Å². The summed E-state index contributed by atoms with van der Waals surface area (Å²) in [6.45, 7) is 8.32. The van der Waals surface area contributed by atoms with Crippen molar-refractivity contribution in [3.05, 3.63) is 47.8 Å². The van der Waals surface area contributed by atoms with Crippen LogP contribution >= 0.6 is 0 Å². The highest BCUT2D eigenvalue weighted by atomic mass is 19.4. The third kappa shape index (κ3) is 4.49. The van der Waals surface area contributed by atoms with Crippen LogP contribution in [0.1, 0.15) is 38.4 Å². The summed E-state index contributed by atoms with van der Waals surface area (Å²) in [5.41, 5.74) is 2.01. The Hall–Kier alpha value is -2.50. The molecule has 0 aliphatic rings. The minimum Gasteiger partial charge on any atom is -0.493 e. The lowest BCUT2D eigenvalue weighted by Gasteiger charge is -2.19. The maximum Gasteiger partial charge on any atom is 0.419 e. The molecule has 150 valence electrons. The van der Waals surface area contributed by atoms with Crippen molar-refractivity contribution in [3.63, 3.8) is 0 Å². The quantitative estimate of drug-likeness (QED) is 0.514. The van der Waals surface area contributed by atoms with Gasteiger partial charge in [-0.25, -0.2) is 4.98 Å². The van der Waals surface area contributed by atoms with E-state index < -0.39 is 11.7 Å². The van der Waals surface area contributed by atoms with Crippen LogP contribution in [0.3, 0.4) is 0 Å². The first-order valence-corrected chi connectivity index (χ1v) is 9.44. The van der Waals surface area contributed by atoms with Crippen LogP contribution in [-0.2, 0) is 6.18 Å². The summed E-state index contributed by atoms with van der Waals surface area (Å²) in [4.78, 5) is 7.36. The van der Waals surface area contributed by atoms with Crippen molar-refractivity contribution in [1.29, 1.82) is 0 Å². The molecule has 0 unspecified atom stereocenters. The number of aryl methyl sites for hydroxylation is 1. The molecule has 28 heavy (non-hydrogen) atoms. The summed E-state index contributed by atoms with van der Waals surface area (Å²) in [5, 5.41) is 0.798. The van der Waals surface area contributed by atoms with Gasteiger partial charge in [-0.2, -0.15) is 13.2 Å². The van der Waals surface area contributed by atoms with E-state index in [2.05, 4.69) is 23.8 Å². The monoisotopic (exact) mass is 390 g/mol. The van der Waals surface area contributed by atoms with Crippen LogP contribution in [0.2, 0.25) is 0 Å². The molecule has 3 aromatic rings. The Bertz CT molecular complexity index is 960. The number of nitrogens with one attached hydrogen (secondary N) is 1. The first-order chi connectivity index (χ1) is 13.1. The Morgan fingerprint density at radius 2 is 1.86 bits per heavy atom. The molecule has 1 atom stereocenters. The van der Waals surface area contributed by atoms with Gasteiger partial charge in [0.05, 0.1) is 12.2 Å². The molecule has 0 radical (unpaired) electrons. The van der Waals surface area contributed by atoms with Gasteiger partial charge in [0, 0.05) is 17.3 Å². The summed E-state index contributed by atoms with van der Waals surface area (Å²) in [5.74, 6) is 0.535. The summed E-state index contributed by atoms with van der Waals surface area (Å²) in [6.07, 6.45) is -1.99. The van der Waals surface area contributed by atoms with E-state index in [4.69, 9.17) is 4.74 Å². The third-order valence-electron chi connectivity index (χ3n) is 4.66. The predicted molar refractivity (Wildman–Crippen MR) is 105 cm³/mol. The van der Waals surface area contributed by atoms with E-state index in [-0.39, 0.29) is 18.3 Å². The van der Waals surface area contributed by atoms with Crippen molar-refractivity contribution in [2.45, 2.75) is 40.3 Å². The van der Waals surface area contributed by atoms with E-state index in [1.54, 1.807) is 18.3 Å². The Morgan fingerprint density at radius 3 is 2.54 bits per heavy atom. The van der Waals surface area contributed by atoms with E-state index in [9.17, 15) is 13.2 Å². The maximum atomic E-state index is 13.7. The van der Waals surface area contributed by atoms with Crippen LogP contribution in [0, 0.1) is 18.8 Å². The summed E-state index contributed by atoms with van der Waals surface area (Å²) >= 11 is 0. The van der Waals surface area contributed by atoms with Crippen LogP contribution in [0.5, 0.6) is 5.75 Å². The molecule has 0 spiro atoms. The van der Waals surface area contributed by atoms with Gasteiger partial charge in [0.2, 0.25) is 0 Å². The fourth-order valence-electron chi connectivity index (χ4n) is 3.56. The number of aromatic amines is 1. The number of fused-ring (bicyclic) bond motifs is 1. The van der Waals surface area contributed by atoms with Gasteiger partial charge in [-0.15, -0.1) is 0 Å². The highest BCUT2D eigenvalue weighted by molar-refractivity contribution is 5.93. The second-order valence-corrected chi connectivity index (χ2v) is 7.83. The number of alkyl halides is 3. The molecule has 2 aromatic heterocycles. The van der Waals surface area contributed by atoms with Gasteiger partial charge in [-0.1, -0.05) is 26.8 Å². The third-order valence-corrected chi connectivity index (χ3v) is 4.66. The lowest BCUT2D eigenvalue weighted by molar-refractivity contribution is -0.139. The molecule has 0 saturated carbocycles. The van der Waals surface area contributed by atoms with Crippen LogP contribution in [0.15, 0.2) is 36.5 Å². The van der Waals surface area contributed by atoms with Gasteiger partial charge in [0.15, 0.2) is 0 Å². The number of aromatic nitrogens is 2. The van der Waals surface area contributed by atoms with Gasteiger partial charge < -0.3 is 9.72 Å². The molecule has 3 nitrogen and oxygen atoms in total. The summed E-state index contributed by atoms with van der Waals surface area (Å²) in [7, 11) is 0. The van der Waals surface area contributed by atoms with Gasteiger partial charge in [0.1, 0.15) is 11.4 Å². The van der Waals surface area contributed by atoms with E-state index >= 15 is 0 Å². The zero-order valence-electron chi connectivity index (χ0n) is 16.5. The van der Waals surface area contributed by atoms with Crippen LogP contribution < -0.4 is 4.74 Å². The smallest absolute Gasteiger partial charge is 0.419 e. The molecule has 0 saturated heterocycles. The standard InChI is InChI=1S/C22H25F3N2O/c1-13(2)9-14(3)12-28-20-6-5-16(11-19(20)22(23,24)25)17-7-8-26-21-18(17)10-15(4)27-21/h5-8,10-11,13-14H,9,12H2,1-4H3,(H,26,27)/t14-/m1/s1. The number of benzene rings is 1. The average molecular weight is 390 g/mol. The first kappa shape index (κ1) is 20.2. The van der Waals surface area contributed by atoms with Gasteiger partial charge in [-0.05, 0) is 60.6 Å². The molecular formula is C22H25F3N2O. The van der Waals surface area contributed by atoms with E-state index in [1.165, 1.54) is 12.1 Å². The SMILES string of the molecule is Cc1cc2c(-c3ccc(OC[C@H](C)CC(C)C)c(C(F)(F)F)c3)ccnc2[nH]1. The lowest BCUT2D eigenvalue weighted by Crippen LogP contribution is -2.14. The number of nitrogens with zero attached hydrogens (tertiary/aromatic N) is 1. The number of halogens is 3. The Labute approximate surface area is 162 Å². The molecular weight excluding hydrogens is 365 g/mol. The number of H-pyrrole nitrogens is 1. The number of rotatable bonds is 6. The zero-order chi connectivity index (χ0) is 20.5. The summed E-state index contributed by atoms with van der Waals surface area (Å²) in [6, 6.07) is 7.89. The number of pyridine rings is 1. The van der Waals surface area contributed by atoms with Crippen molar-refractivity contribution < 1.29 is 17.9 Å². The average Bonchev–Trinajstić information content (AvgIpc) is 2.98. The van der Waals surface area contributed by atoms with Crippen LogP contribution in [0.4, 0.5) is 13.2 Å². The fraction of sp³-hybridized carbons (Fsp3) is 0.409. The van der Waals surface area contributed by atoms with Crippen molar-refractivity contribution in [3.8, 4) is 16.9 Å². The predicted octanol–water partition coefficient (Wildman–Crippen LogP) is 6.62. The van der Waals surface area contributed by atoms with Crippen molar-refractivity contribution in [2.24, 2.45) is 11.8 Å². The zero-order valence-corrected chi connectivity index (χ0v) is 16.5. The highest BCUT2D eigenvalue weighted by Gasteiger charge is 2.35. The van der Waals surface area contributed by atoms with Crippen molar-refractivity contribution in [1.82, 2.24) is 9.97 Å². The molecule has 0 bridgehead atoms. The number of ether oxygens (including phenoxy) is 1. The molecule has 0 amide bonds. The van der Waals surface area contributed by atoms with E-state index in [0.29, 0.717) is 22.7 Å². The molecule has 1 N–H and O–H groups in total. The Morgan fingerprint density at radius 1 is 1.11 bits per heavy atom. The molecule has 0 fully saturated rings. The molecule has 3 rings (SSSR count). The molecule has 0 aliphatic heterocycles. The maximum absolute atomic E-state index is 13.7. The van der Waals surface area contributed by atoms with Crippen molar-refractivity contribution in [2.75, 3.05) is 6.61 Å².